The molecule has 2 aromatic rings. The van der Waals surface area contributed by atoms with Crippen molar-refractivity contribution in [2.45, 2.75) is 13.5 Å². The Hall–Kier alpha value is -2.45. The molecule has 0 aliphatic rings. The van der Waals surface area contributed by atoms with Crippen molar-refractivity contribution in [1.82, 2.24) is 15.0 Å². The van der Waals surface area contributed by atoms with Crippen molar-refractivity contribution >= 4 is 17.6 Å². The second kappa shape index (κ2) is 8.11. The van der Waals surface area contributed by atoms with Gasteiger partial charge in [-0.25, -0.2) is 0 Å². The molecular weight excluding hydrogens is 282 g/mol. The highest BCUT2D eigenvalue weighted by Crippen LogP contribution is 2.17. The molecule has 0 amide bonds. The second-order valence-corrected chi connectivity index (χ2v) is 4.44. The van der Waals surface area contributed by atoms with Crippen LogP contribution in [0.3, 0.4) is 0 Å². The van der Waals surface area contributed by atoms with Crippen LogP contribution in [-0.2, 0) is 6.54 Å². The molecule has 1 aromatic heterocycles. The van der Waals surface area contributed by atoms with Crippen LogP contribution in [0.1, 0.15) is 12.5 Å². The molecule has 1 aromatic carbocycles. The van der Waals surface area contributed by atoms with Crippen LogP contribution in [-0.4, -0.2) is 34.6 Å². The van der Waals surface area contributed by atoms with Crippen LogP contribution in [0.15, 0.2) is 24.3 Å². The highest BCUT2D eigenvalue weighted by molar-refractivity contribution is 5.55. The molecule has 2 rings (SSSR count). The zero-order valence-electron chi connectivity index (χ0n) is 12.5. The van der Waals surface area contributed by atoms with Crippen LogP contribution in [0.25, 0.3) is 0 Å². The summed E-state index contributed by atoms with van der Waals surface area (Å²) in [5.41, 5.74) is 13.0. The number of hydrogen-bond donors (Lipinski definition) is 4. The molecule has 6 N–H and O–H groups in total. The minimum atomic E-state index is 0.259. The van der Waals surface area contributed by atoms with Crippen molar-refractivity contribution in [3.8, 4) is 6.01 Å². The van der Waals surface area contributed by atoms with Gasteiger partial charge >= 0.3 is 6.01 Å². The number of anilines is 3. The lowest BCUT2D eigenvalue weighted by molar-refractivity contribution is 0.312. The van der Waals surface area contributed by atoms with E-state index in [0.717, 1.165) is 11.3 Å². The first-order chi connectivity index (χ1) is 10.7. The van der Waals surface area contributed by atoms with E-state index >= 15 is 0 Å². The summed E-state index contributed by atoms with van der Waals surface area (Å²) in [6.07, 6.45) is 0. The lowest BCUT2D eigenvalue weighted by Gasteiger charge is -2.10. The Bertz CT molecular complexity index is 605. The highest BCUT2D eigenvalue weighted by atomic mass is 16.5. The van der Waals surface area contributed by atoms with Crippen LogP contribution in [0, 0.1) is 0 Å². The maximum Gasteiger partial charge on any atom is 0.323 e. The zero-order valence-corrected chi connectivity index (χ0v) is 12.5. The molecule has 22 heavy (non-hydrogen) atoms. The van der Waals surface area contributed by atoms with Crippen molar-refractivity contribution in [2.75, 3.05) is 30.3 Å². The Morgan fingerprint density at radius 1 is 1.14 bits per heavy atom. The summed E-state index contributed by atoms with van der Waals surface area (Å²) >= 11 is 0. The average molecular weight is 303 g/mol. The summed E-state index contributed by atoms with van der Waals surface area (Å²) in [4.78, 5) is 12.7. The van der Waals surface area contributed by atoms with Gasteiger partial charge in [0.15, 0.2) is 0 Å². The highest BCUT2D eigenvalue weighted by Gasteiger charge is 2.07. The van der Waals surface area contributed by atoms with Crippen molar-refractivity contribution in [3.63, 3.8) is 0 Å². The molecule has 1 heterocycles. The number of rotatable bonds is 8. The molecule has 0 saturated carbocycles. The van der Waals surface area contributed by atoms with E-state index in [-0.39, 0.29) is 6.01 Å². The molecular formula is C14H21N7O. The van der Waals surface area contributed by atoms with E-state index in [0.29, 0.717) is 38.1 Å². The van der Waals surface area contributed by atoms with Gasteiger partial charge in [0.2, 0.25) is 11.9 Å². The third kappa shape index (κ3) is 4.54. The van der Waals surface area contributed by atoms with E-state index in [4.69, 9.17) is 16.2 Å². The number of aromatic nitrogens is 3. The molecule has 0 saturated heterocycles. The van der Waals surface area contributed by atoms with Gasteiger partial charge in [0.1, 0.15) is 0 Å². The molecule has 0 unspecified atom stereocenters. The summed E-state index contributed by atoms with van der Waals surface area (Å²) in [6, 6.07) is 7.99. The van der Waals surface area contributed by atoms with Gasteiger partial charge < -0.3 is 26.8 Å². The fraction of sp³-hybridized carbons (Fsp3) is 0.357. The third-order valence-corrected chi connectivity index (χ3v) is 2.73. The summed E-state index contributed by atoms with van der Waals surface area (Å²) in [7, 11) is 0. The van der Waals surface area contributed by atoms with Crippen molar-refractivity contribution in [2.24, 2.45) is 11.5 Å². The van der Waals surface area contributed by atoms with Gasteiger partial charge in [-0.05, 0) is 24.6 Å². The largest absolute Gasteiger partial charge is 0.464 e. The first kappa shape index (κ1) is 15.9. The Morgan fingerprint density at radius 3 is 2.68 bits per heavy atom. The summed E-state index contributed by atoms with van der Waals surface area (Å²) in [6.45, 7) is 3.87. The molecule has 118 valence electrons. The fourth-order valence-electron chi connectivity index (χ4n) is 1.77. The number of nitrogens with zero attached hydrogens (tertiary/aromatic N) is 3. The lowest BCUT2D eigenvalue weighted by atomic mass is 10.2. The number of nitrogens with one attached hydrogen (secondary N) is 2. The normalized spacial score (nSPS) is 10.3. The maximum absolute atomic E-state index is 5.64. The molecule has 8 nitrogen and oxygen atoms in total. The quantitative estimate of drug-likeness (QED) is 0.565. The Balaban J connectivity index is 2.21. The van der Waals surface area contributed by atoms with E-state index in [9.17, 15) is 0 Å². The van der Waals surface area contributed by atoms with E-state index in [1.165, 1.54) is 0 Å². The molecule has 0 spiro atoms. The van der Waals surface area contributed by atoms with Gasteiger partial charge in [0, 0.05) is 25.3 Å². The predicted octanol–water partition coefficient (Wildman–Crippen LogP) is 0.843. The SMILES string of the molecule is CCOc1nc(NCCN)nc(Nc2cccc(CN)c2)n1. The number of nitrogens with two attached hydrogens (primary N) is 2. The van der Waals surface area contributed by atoms with Gasteiger partial charge in [-0.3, -0.25) is 0 Å². The van der Waals surface area contributed by atoms with Crippen LogP contribution in [0.2, 0.25) is 0 Å². The number of ether oxygens (including phenoxy) is 1. The lowest BCUT2D eigenvalue weighted by Crippen LogP contribution is -2.16. The monoisotopic (exact) mass is 303 g/mol. The van der Waals surface area contributed by atoms with E-state index < -0.39 is 0 Å². The van der Waals surface area contributed by atoms with Crippen LogP contribution in [0.5, 0.6) is 6.01 Å². The molecule has 0 aliphatic carbocycles. The van der Waals surface area contributed by atoms with Crippen molar-refractivity contribution in [3.05, 3.63) is 29.8 Å². The van der Waals surface area contributed by atoms with Crippen molar-refractivity contribution < 1.29 is 4.74 Å². The first-order valence-electron chi connectivity index (χ1n) is 7.14. The standard InChI is InChI=1S/C14H21N7O/c1-2-22-14-20-12(17-7-6-15)19-13(21-14)18-11-5-3-4-10(8-11)9-16/h3-5,8H,2,6-7,9,15-16H2,1H3,(H2,17,18,19,20,21). The van der Waals surface area contributed by atoms with Gasteiger partial charge in [-0.2, -0.15) is 15.0 Å². The molecule has 0 fully saturated rings. The van der Waals surface area contributed by atoms with Gasteiger partial charge in [0.05, 0.1) is 6.61 Å². The van der Waals surface area contributed by atoms with E-state index in [1.54, 1.807) is 0 Å². The van der Waals surface area contributed by atoms with Crippen LogP contribution >= 0.6 is 0 Å². The van der Waals surface area contributed by atoms with Crippen molar-refractivity contribution in [1.29, 1.82) is 0 Å². The molecule has 0 aliphatic heterocycles. The summed E-state index contributed by atoms with van der Waals surface area (Å²) < 4.78 is 5.36. The van der Waals surface area contributed by atoms with E-state index in [1.807, 2.05) is 31.2 Å². The molecule has 0 bridgehead atoms. The molecule has 0 radical (unpaired) electrons. The smallest absolute Gasteiger partial charge is 0.323 e. The average Bonchev–Trinajstić information content (AvgIpc) is 2.53. The van der Waals surface area contributed by atoms with Gasteiger partial charge in [-0.1, -0.05) is 12.1 Å². The topological polar surface area (TPSA) is 124 Å². The second-order valence-electron chi connectivity index (χ2n) is 4.44. The minimum Gasteiger partial charge on any atom is -0.464 e. The third-order valence-electron chi connectivity index (χ3n) is 2.73. The molecule has 8 heteroatoms. The molecule has 0 atom stereocenters. The Morgan fingerprint density at radius 2 is 1.95 bits per heavy atom. The minimum absolute atomic E-state index is 0.259. The van der Waals surface area contributed by atoms with Crippen LogP contribution in [0.4, 0.5) is 17.6 Å². The number of hydrogen-bond acceptors (Lipinski definition) is 8. The Kier molecular flexibility index (Phi) is 5.87. The van der Waals surface area contributed by atoms with Gasteiger partial charge in [0.25, 0.3) is 0 Å². The van der Waals surface area contributed by atoms with Gasteiger partial charge in [-0.15, -0.1) is 0 Å². The number of benzene rings is 1. The summed E-state index contributed by atoms with van der Waals surface area (Å²) in [5.74, 6) is 0.813. The fourth-order valence-corrected chi connectivity index (χ4v) is 1.77. The Labute approximate surface area is 129 Å². The van der Waals surface area contributed by atoms with Crippen LogP contribution < -0.4 is 26.8 Å². The van der Waals surface area contributed by atoms with E-state index in [2.05, 4.69) is 25.6 Å². The maximum atomic E-state index is 5.64. The first-order valence-corrected chi connectivity index (χ1v) is 7.14. The summed E-state index contributed by atoms with van der Waals surface area (Å²) in [5, 5.41) is 6.14. The predicted molar refractivity (Wildman–Crippen MR) is 86.2 cm³/mol. The zero-order chi connectivity index (χ0) is 15.8.